The van der Waals surface area contributed by atoms with E-state index >= 15 is 0 Å². The van der Waals surface area contributed by atoms with Crippen LogP contribution in [0.4, 0.5) is 5.69 Å². The number of thiazole rings is 1. The molecule has 0 spiro atoms. The van der Waals surface area contributed by atoms with E-state index in [0.717, 1.165) is 30.8 Å². The molecular weight excluding hydrogens is 525 g/mol. The average Bonchev–Trinajstić information content (AvgIpc) is 3.43. The normalized spacial score (nSPS) is 22.0. The molecule has 6 rings (SSSR count). The van der Waals surface area contributed by atoms with E-state index in [0.29, 0.717) is 5.92 Å². The molecule has 1 aromatic heterocycles. The zero-order valence-electron chi connectivity index (χ0n) is 22.6. The van der Waals surface area contributed by atoms with Crippen LogP contribution in [0.15, 0.2) is 86.2 Å². The van der Waals surface area contributed by atoms with Gasteiger partial charge in [-0.2, -0.15) is 4.57 Å². The van der Waals surface area contributed by atoms with Gasteiger partial charge in [-0.25, -0.2) is 0 Å². The molecular formula is C32H35N2OS3+. The zero-order chi connectivity index (χ0) is 26.4. The lowest BCUT2D eigenvalue weighted by Gasteiger charge is -2.28. The van der Waals surface area contributed by atoms with Crippen LogP contribution in [0, 0.1) is 12.8 Å². The van der Waals surface area contributed by atoms with Crippen LogP contribution >= 0.6 is 23.1 Å². The van der Waals surface area contributed by atoms with Gasteiger partial charge in [0.15, 0.2) is 4.90 Å². The Morgan fingerprint density at radius 3 is 2.71 bits per heavy atom. The maximum Gasteiger partial charge on any atom is 0.263 e. The lowest BCUT2D eigenvalue weighted by molar-refractivity contribution is -0.665. The van der Waals surface area contributed by atoms with Gasteiger partial charge in [0, 0.05) is 29.6 Å². The van der Waals surface area contributed by atoms with E-state index in [1.807, 2.05) is 29.2 Å². The Morgan fingerprint density at radius 2 is 1.92 bits per heavy atom. The van der Waals surface area contributed by atoms with Gasteiger partial charge in [0.05, 0.1) is 10.7 Å². The predicted octanol–water partition coefficient (Wildman–Crippen LogP) is 8.17. The first-order valence-electron chi connectivity index (χ1n) is 13.6. The highest BCUT2D eigenvalue weighted by atomic mass is 32.2. The summed E-state index contributed by atoms with van der Waals surface area (Å²) in [6.07, 6.45) is 16.3. The lowest BCUT2D eigenvalue weighted by Crippen LogP contribution is -2.33. The van der Waals surface area contributed by atoms with Crippen LogP contribution in [-0.2, 0) is 17.7 Å². The molecule has 3 nitrogen and oxygen atoms in total. The van der Waals surface area contributed by atoms with Crippen LogP contribution in [-0.4, -0.2) is 17.4 Å². The van der Waals surface area contributed by atoms with Gasteiger partial charge in [0.25, 0.3) is 5.01 Å². The van der Waals surface area contributed by atoms with Crippen LogP contribution in [0.3, 0.4) is 0 Å². The number of aromatic nitrogens is 1. The van der Waals surface area contributed by atoms with Gasteiger partial charge >= 0.3 is 0 Å². The molecule has 1 aliphatic heterocycles. The Kier molecular flexibility index (Phi) is 7.34. The summed E-state index contributed by atoms with van der Waals surface area (Å²) in [6.45, 7) is 8.52. The molecule has 0 bridgehead atoms. The number of hydrogen-bond donors (Lipinski definition) is 0. The Labute approximate surface area is 237 Å². The topological polar surface area (TPSA) is 30.2 Å². The minimum absolute atomic E-state index is 0.676. The van der Waals surface area contributed by atoms with E-state index in [9.17, 15) is 4.55 Å². The van der Waals surface area contributed by atoms with E-state index in [-0.39, 0.29) is 0 Å². The molecule has 0 radical (unpaired) electrons. The fourth-order valence-corrected chi connectivity index (χ4v) is 8.80. The highest BCUT2D eigenvalue weighted by Crippen LogP contribution is 2.48. The Morgan fingerprint density at radius 1 is 1.08 bits per heavy atom. The molecule has 2 aromatic carbocycles. The van der Waals surface area contributed by atoms with Gasteiger partial charge < -0.3 is 9.45 Å². The van der Waals surface area contributed by atoms with Crippen LogP contribution in [0.25, 0.3) is 16.3 Å². The van der Waals surface area contributed by atoms with Gasteiger partial charge in [-0.05, 0) is 110 Å². The second kappa shape index (κ2) is 10.7. The Balaban J connectivity index is 1.30. The molecule has 0 fully saturated rings. The number of aryl methyl sites for hydroxylation is 2. The van der Waals surface area contributed by atoms with Crippen molar-refractivity contribution in [3.05, 3.63) is 86.9 Å². The molecule has 2 aliphatic carbocycles. The van der Waals surface area contributed by atoms with Gasteiger partial charge in [-0.15, -0.1) is 0 Å². The largest absolute Gasteiger partial charge is 0.612 e. The molecule has 196 valence electrons. The number of benzene rings is 2. The molecule has 0 N–H and O–H groups in total. The third-order valence-corrected chi connectivity index (χ3v) is 11.1. The average molecular weight is 560 g/mol. The molecule has 3 aliphatic rings. The molecule has 6 heteroatoms. The summed E-state index contributed by atoms with van der Waals surface area (Å²) in [4.78, 5) is 4.52. The summed E-state index contributed by atoms with van der Waals surface area (Å²) in [5.74, 6) is 0.676. The summed E-state index contributed by atoms with van der Waals surface area (Å²) in [7, 11) is 0. The Bertz CT molecular complexity index is 1520. The second-order valence-electron chi connectivity index (χ2n) is 10.4. The number of nitrogens with zero attached hydrogens (tertiary/aromatic N) is 2. The first kappa shape index (κ1) is 26.0. The zero-order valence-corrected chi connectivity index (χ0v) is 25.1. The standard InChI is InChI=1S/C32H35N2OS3/c1-5-33-27-15-21(3)7-13-29(27)36-31(33)18-22-8-10-24-11-9-23(17-25(24)16-22)19-32-34(6-2)28-20-26(38(4)35)12-14-30(28)37-32/h7,12-20,24H,5-6,8-11H2,1-4H3/q+1. The number of fused-ring (bicyclic) bond motifs is 3. The molecule has 3 aromatic rings. The van der Waals surface area contributed by atoms with E-state index in [1.54, 1.807) is 6.26 Å². The van der Waals surface area contributed by atoms with Gasteiger partial charge in [-0.3, -0.25) is 0 Å². The van der Waals surface area contributed by atoms with E-state index in [4.69, 9.17) is 0 Å². The first-order valence-corrected chi connectivity index (χ1v) is 16.8. The van der Waals surface area contributed by atoms with Crippen LogP contribution in [0.5, 0.6) is 0 Å². The van der Waals surface area contributed by atoms with Crippen molar-refractivity contribution in [1.82, 2.24) is 0 Å². The minimum atomic E-state index is -0.967. The molecule has 0 saturated carbocycles. The molecule has 0 saturated heterocycles. The third-order valence-electron chi connectivity index (χ3n) is 7.91. The van der Waals surface area contributed by atoms with Gasteiger partial charge in [0.1, 0.15) is 17.5 Å². The molecule has 2 heterocycles. The minimum Gasteiger partial charge on any atom is -0.612 e. The fraction of sp³-hybridized carbons (Fsp3) is 0.344. The highest BCUT2D eigenvalue weighted by Gasteiger charge is 2.28. The molecule has 0 amide bonds. The van der Waals surface area contributed by atoms with Crippen molar-refractivity contribution in [2.24, 2.45) is 5.92 Å². The van der Waals surface area contributed by atoms with Crippen molar-refractivity contribution in [3.63, 3.8) is 0 Å². The second-order valence-corrected chi connectivity index (χ2v) is 13.9. The van der Waals surface area contributed by atoms with Crippen molar-refractivity contribution >= 4 is 56.3 Å². The number of hydrogen-bond acceptors (Lipinski definition) is 4. The van der Waals surface area contributed by atoms with Crippen molar-refractivity contribution in [2.45, 2.75) is 62.8 Å². The summed E-state index contributed by atoms with van der Waals surface area (Å²) in [5, 5.41) is 2.63. The van der Waals surface area contributed by atoms with Crippen LogP contribution in [0.1, 0.15) is 50.1 Å². The van der Waals surface area contributed by atoms with Crippen LogP contribution < -0.4 is 9.47 Å². The smallest absolute Gasteiger partial charge is 0.263 e. The lowest BCUT2D eigenvalue weighted by atomic mass is 9.77. The summed E-state index contributed by atoms with van der Waals surface area (Å²) in [6, 6.07) is 13.0. The van der Waals surface area contributed by atoms with Crippen molar-refractivity contribution < 1.29 is 9.12 Å². The van der Waals surface area contributed by atoms with Gasteiger partial charge in [0.2, 0.25) is 5.52 Å². The highest BCUT2D eigenvalue weighted by molar-refractivity contribution is 8.03. The van der Waals surface area contributed by atoms with Crippen LogP contribution in [0.2, 0.25) is 0 Å². The summed E-state index contributed by atoms with van der Waals surface area (Å²) in [5.41, 5.74) is 8.22. The first-order chi connectivity index (χ1) is 18.4. The van der Waals surface area contributed by atoms with Gasteiger partial charge in [-0.1, -0.05) is 41.3 Å². The van der Waals surface area contributed by atoms with Crippen molar-refractivity contribution in [1.29, 1.82) is 0 Å². The molecule has 2 atom stereocenters. The molecule has 38 heavy (non-hydrogen) atoms. The summed E-state index contributed by atoms with van der Waals surface area (Å²) < 4.78 is 15.9. The van der Waals surface area contributed by atoms with E-state index in [2.05, 4.69) is 84.9 Å². The SMILES string of the molecule is CCN1/C(=C/C2=CC3=C/C(=C/c4sc5ccc(C)cc5[n+]4CC)CCC3CC2)Sc2ccc([S+](C)[O-])cc21. The fourth-order valence-electron chi connectivity index (χ4n) is 5.89. The van der Waals surface area contributed by atoms with E-state index in [1.165, 1.54) is 66.0 Å². The van der Waals surface area contributed by atoms with Crippen molar-refractivity contribution in [3.8, 4) is 0 Å². The maximum atomic E-state index is 12.1. The number of rotatable bonds is 5. The third kappa shape index (κ3) is 4.92. The quantitative estimate of drug-likeness (QED) is 0.233. The summed E-state index contributed by atoms with van der Waals surface area (Å²) >= 11 is 2.78. The van der Waals surface area contributed by atoms with Crippen molar-refractivity contribution in [2.75, 3.05) is 17.7 Å². The predicted molar refractivity (Wildman–Crippen MR) is 164 cm³/mol. The maximum absolute atomic E-state index is 12.1. The van der Waals surface area contributed by atoms with E-state index < -0.39 is 11.2 Å². The molecule has 2 unspecified atom stereocenters. The number of anilines is 1. The Hall–Kier alpha value is -2.25. The number of thioether (sulfide) groups is 1. The monoisotopic (exact) mass is 559 g/mol. The number of allylic oxidation sites excluding steroid dienone is 6.